The van der Waals surface area contributed by atoms with Crippen LogP contribution in [0.4, 0.5) is 11.4 Å². The zero-order valence-corrected chi connectivity index (χ0v) is 13.4. The van der Waals surface area contributed by atoms with Crippen LogP contribution in [0.15, 0.2) is 48.5 Å². The van der Waals surface area contributed by atoms with Gasteiger partial charge < -0.3 is 15.7 Å². The van der Waals surface area contributed by atoms with Gasteiger partial charge in [-0.05, 0) is 30.3 Å². The molecule has 0 unspecified atom stereocenters. The molecular weight excluding hydrogens is 344 g/mol. The van der Waals surface area contributed by atoms with Crippen LogP contribution in [0.2, 0.25) is 0 Å². The second-order valence-electron chi connectivity index (χ2n) is 5.46. The molecule has 2 aromatic heterocycles. The van der Waals surface area contributed by atoms with E-state index in [0.29, 0.717) is 22.6 Å². The van der Waals surface area contributed by atoms with Gasteiger partial charge in [-0.15, -0.1) is 0 Å². The Morgan fingerprint density at radius 2 is 1.41 bits per heavy atom. The SMILES string of the molecule is C.N#Cc1cc2ccc(N)cc2[nH]1.N#Cc1cc2ccc([N+](=O)[O-])cc2[nH]1. The van der Waals surface area contributed by atoms with Crippen LogP contribution in [0.3, 0.4) is 0 Å². The molecule has 0 saturated heterocycles. The minimum Gasteiger partial charge on any atom is -0.399 e. The fourth-order valence-electron chi connectivity index (χ4n) is 2.49. The maximum absolute atomic E-state index is 10.4. The number of benzene rings is 2. The Balaban J connectivity index is 0.000000189. The average Bonchev–Trinajstić information content (AvgIpc) is 3.24. The van der Waals surface area contributed by atoms with Gasteiger partial charge in [-0.3, -0.25) is 10.1 Å². The van der Waals surface area contributed by atoms with Crippen molar-refractivity contribution in [2.24, 2.45) is 0 Å². The van der Waals surface area contributed by atoms with E-state index < -0.39 is 4.92 Å². The van der Waals surface area contributed by atoms with Crippen LogP contribution in [0.1, 0.15) is 18.8 Å². The van der Waals surface area contributed by atoms with Crippen LogP contribution in [0.5, 0.6) is 0 Å². The van der Waals surface area contributed by atoms with Crippen molar-refractivity contribution < 1.29 is 4.92 Å². The van der Waals surface area contributed by atoms with E-state index in [1.807, 2.05) is 30.3 Å². The number of nitrogens with two attached hydrogens (primary N) is 1. The van der Waals surface area contributed by atoms with Crippen molar-refractivity contribution in [1.82, 2.24) is 9.97 Å². The molecule has 0 radical (unpaired) electrons. The summed E-state index contributed by atoms with van der Waals surface area (Å²) in [5.74, 6) is 0. The molecular formula is C19H16N6O2. The smallest absolute Gasteiger partial charge is 0.271 e. The highest BCUT2D eigenvalue weighted by Crippen LogP contribution is 2.21. The van der Waals surface area contributed by atoms with Gasteiger partial charge in [0.25, 0.3) is 5.69 Å². The van der Waals surface area contributed by atoms with Gasteiger partial charge in [0, 0.05) is 34.1 Å². The second kappa shape index (κ2) is 7.72. The quantitative estimate of drug-likeness (QED) is 0.264. The molecule has 27 heavy (non-hydrogen) atoms. The summed E-state index contributed by atoms with van der Waals surface area (Å²) < 4.78 is 0. The zero-order chi connectivity index (χ0) is 18.7. The maximum Gasteiger partial charge on any atom is 0.271 e. The number of hydrogen-bond acceptors (Lipinski definition) is 5. The number of nitro benzene ring substituents is 1. The number of aromatic nitrogens is 2. The summed E-state index contributed by atoms with van der Waals surface area (Å²) in [5, 5.41) is 29.5. The molecule has 8 heteroatoms. The van der Waals surface area contributed by atoms with E-state index in [9.17, 15) is 10.1 Å². The Labute approximate surface area is 154 Å². The normalized spacial score (nSPS) is 9.56. The molecule has 8 nitrogen and oxygen atoms in total. The van der Waals surface area contributed by atoms with Crippen molar-refractivity contribution in [2.45, 2.75) is 7.43 Å². The summed E-state index contributed by atoms with van der Waals surface area (Å²) in [6.45, 7) is 0. The number of anilines is 1. The number of nitrogens with one attached hydrogen (secondary N) is 2. The van der Waals surface area contributed by atoms with E-state index in [4.69, 9.17) is 16.3 Å². The first kappa shape index (κ1) is 19.0. The standard InChI is InChI=1S/C9H5N3O2.C9H7N3.CH4/c10-5-7-3-6-1-2-8(12(13)14)4-9(6)11-7;10-5-8-3-6-1-2-7(11)4-9(6)12-8;/h1-4,11H;1-4,12H,11H2;1H4. The maximum atomic E-state index is 10.4. The first-order valence-corrected chi connectivity index (χ1v) is 7.46. The highest BCUT2D eigenvalue weighted by Gasteiger charge is 2.07. The fourth-order valence-corrected chi connectivity index (χ4v) is 2.49. The van der Waals surface area contributed by atoms with Crippen LogP contribution >= 0.6 is 0 Å². The van der Waals surface area contributed by atoms with Gasteiger partial charge in [-0.1, -0.05) is 13.5 Å². The lowest BCUT2D eigenvalue weighted by atomic mass is 10.2. The van der Waals surface area contributed by atoms with E-state index in [-0.39, 0.29) is 13.1 Å². The lowest BCUT2D eigenvalue weighted by molar-refractivity contribution is -0.384. The van der Waals surface area contributed by atoms with Crippen LogP contribution in [-0.2, 0) is 0 Å². The van der Waals surface area contributed by atoms with Crippen LogP contribution < -0.4 is 5.73 Å². The minimum atomic E-state index is -0.466. The molecule has 0 aliphatic rings. The number of nitro groups is 1. The van der Waals surface area contributed by atoms with Crippen LogP contribution in [0.25, 0.3) is 21.8 Å². The molecule has 2 heterocycles. The number of rotatable bonds is 1. The predicted octanol–water partition coefficient (Wildman–Crippen LogP) is 4.21. The van der Waals surface area contributed by atoms with Gasteiger partial charge in [0.05, 0.1) is 10.4 Å². The molecule has 0 spiro atoms. The van der Waals surface area contributed by atoms with Crippen molar-refractivity contribution in [3.63, 3.8) is 0 Å². The summed E-state index contributed by atoms with van der Waals surface area (Å²) >= 11 is 0. The predicted molar refractivity (Wildman–Crippen MR) is 104 cm³/mol. The number of non-ortho nitro benzene ring substituents is 1. The number of nitrogens with zero attached hydrogens (tertiary/aromatic N) is 3. The Bertz CT molecular complexity index is 1210. The van der Waals surface area contributed by atoms with Crippen LogP contribution in [-0.4, -0.2) is 14.9 Å². The zero-order valence-electron chi connectivity index (χ0n) is 13.4. The Morgan fingerprint density at radius 3 is 1.93 bits per heavy atom. The molecule has 0 saturated carbocycles. The topological polar surface area (TPSA) is 148 Å². The highest BCUT2D eigenvalue weighted by molar-refractivity contribution is 5.84. The third-order valence-corrected chi connectivity index (χ3v) is 3.70. The van der Waals surface area contributed by atoms with Gasteiger partial charge in [-0.25, -0.2) is 0 Å². The first-order valence-electron chi connectivity index (χ1n) is 7.46. The van der Waals surface area contributed by atoms with Gasteiger partial charge in [-0.2, -0.15) is 10.5 Å². The Morgan fingerprint density at radius 1 is 0.889 bits per heavy atom. The Hall–Kier alpha value is -4.30. The van der Waals surface area contributed by atoms with Crippen LogP contribution in [0, 0.1) is 32.8 Å². The number of aromatic amines is 2. The van der Waals surface area contributed by atoms with E-state index >= 15 is 0 Å². The lowest BCUT2D eigenvalue weighted by Gasteiger charge is -1.90. The van der Waals surface area contributed by atoms with E-state index in [2.05, 4.69) is 9.97 Å². The average molecular weight is 360 g/mol. The fraction of sp³-hybridized carbons (Fsp3) is 0.0526. The molecule has 2 aromatic carbocycles. The Kier molecular flexibility index (Phi) is 5.44. The second-order valence-corrected chi connectivity index (χ2v) is 5.46. The molecule has 134 valence electrons. The molecule has 0 amide bonds. The van der Waals surface area contributed by atoms with E-state index in [0.717, 1.165) is 16.3 Å². The number of nitriles is 2. The third kappa shape index (κ3) is 4.03. The molecule has 4 N–H and O–H groups in total. The first-order chi connectivity index (χ1) is 12.5. The van der Waals surface area contributed by atoms with Crippen molar-refractivity contribution in [1.29, 1.82) is 10.5 Å². The number of H-pyrrole nitrogens is 2. The van der Waals surface area contributed by atoms with Crippen molar-refractivity contribution in [3.8, 4) is 12.1 Å². The van der Waals surface area contributed by atoms with E-state index in [1.165, 1.54) is 12.1 Å². The number of fused-ring (bicyclic) bond motifs is 2. The molecule has 0 bridgehead atoms. The largest absolute Gasteiger partial charge is 0.399 e. The van der Waals surface area contributed by atoms with Gasteiger partial charge in [0.15, 0.2) is 0 Å². The van der Waals surface area contributed by atoms with E-state index in [1.54, 1.807) is 18.2 Å². The third-order valence-electron chi connectivity index (χ3n) is 3.70. The van der Waals surface area contributed by atoms with Gasteiger partial charge >= 0.3 is 0 Å². The summed E-state index contributed by atoms with van der Waals surface area (Å²) in [5.41, 5.74) is 8.78. The molecule has 0 aliphatic carbocycles. The molecule has 0 atom stereocenters. The van der Waals surface area contributed by atoms with Gasteiger partial charge in [0.2, 0.25) is 0 Å². The summed E-state index contributed by atoms with van der Waals surface area (Å²) in [6, 6.07) is 17.4. The summed E-state index contributed by atoms with van der Waals surface area (Å²) in [6.07, 6.45) is 0. The number of hydrogen-bond donors (Lipinski definition) is 3. The summed E-state index contributed by atoms with van der Waals surface area (Å²) in [7, 11) is 0. The van der Waals surface area contributed by atoms with Crippen molar-refractivity contribution >= 4 is 33.2 Å². The lowest BCUT2D eigenvalue weighted by Crippen LogP contribution is -1.86. The molecule has 0 aliphatic heterocycles. The van der Waals surface area contributed by atoms with Crippen molar-refractivity contribution in [2.75, 3.05) is 5.73 Å². The van der Waals surface area contributed by atoms with Crippen molar-refractivity contribution in [3.05, 3.63) is 70.0 Å². The number of nitrogen functional groups attached to an aromatic ring is 1. The summed E-state index contributed by atoms with van der Waals surface area (Å²) in [4.78, 5) is 15.7. The molecule has 4 aromatic rings. The molecule has 0 fully saturated rings. The minimum absolute atomic E-state index is 0. The monoisotopic (exact) mass is 360 g/mol. The van der Waals surface area contributed by atoms with Gasteiger partial charge in [0.1, 0.15) is 23.5 Å². The highest BCUT2D eigenvalue weighted by atomic mass is 16.6. The molecule has 4 rings (SSSR count).